The van der Waals surface area contributed by atoms with Gasteiger partial charge in [0.15, 0.2) is 15.8 Å². The highest BCUT2D eigenvalue weighted by molar-refractivity contribution is 7.93. The van der Waals surface area contributed by atoms with Crippen molar-refractivity contribution in [2.75, 3.05) is 12.9 Å². The van der Waals surface area contributed by atoms with E-state index in [0.29, 0.717) is 0 Å². The zero-order valence-corrected chi connectivity index (χ0v) is 5.73. The fourth-order valence-electron chi connectivity index (χ4n) is 0.215. The van der Waals surface area contributed by atoms with Crippen molar-refractivity contribution < 1.29 is 13.2 Å². The fourth-order valence-corrected chi connectivity index (χ4v) is 0.644. The summed E-state index contributed by atoms with van der Waals surface area (Å²) >= 11 is 0. The molecule has 0 aliphatic carbocycles. The molecule has 49 valence electrons. The van der Waals surface area contributed by atoms with Gasteiger partial charge in [-0.3, -0.25) is 0 Å². The molecule has 3 nitrogen and oxygen atoms in total. The van der Waals surface area contributed by atoms with E-state index in [4.69, 9.17) is 0 Å². The molecule has 1 radical (unpaired) electrons. The Morgan fingerprint density at radius 3 is 2.25 bits per heavy atom. The standard InChI is InChI=1S/C4H9O3S/c1-3-8(5,6)4-7-2/h4H,3H2,1-2H3. The van der Waals surface area contributed by atoms with E-state index in [2.05, 4.69) is 4.74 Å². The lowest BCUT2D eigenvalue weighted by Crippen LogP contribution is -2.03. The second-order valence-corrected chi connectivity index (χ2v) is 3.38. The maximum atomic E-state index is 10.4. The summed E-state index contributed by atoms with van der Waals surface area (Å²) in [4.78, 5) is 0. The maximum Gasteiger partial charge on any atom is 0.198 e. The van der Waals surface area contributed by atoms with Crippen molar-refractivity contribution in [1.82, 2.24) is 0 Å². The summed E-state index contributed by atoms with van der Waals surface area (Å²) in [5.74, 6) is 0.938. The topological polar surface area (TPSA) is 43.4 Å². The minimum absolute atomic E-state index is 0.0981. The summed E-state index contributed by atoms with van der Waals surface area (Å²) in [5, 5.41) is 0. The van der Waals surface area contributed by atoms with E-state index in [-0.39, 0.29) is 5.75 Å². The Morgan fingerprint density at radius 1 is 1.62 bits per heavy atom. The largest absolute Gasteiger partial charge is 0.362 e. The van der Waals surface area contributed by atoms with Gasteiger partial charge in [-0.25, -0.2) is 8.42 Å². The molecule has 0 N–H and O–H groups in total. The van der Waals surface area contributed by atoms with Gasteiger partial charge in [0, 0.05) is 7.11 Å². The summed E-state index contributed by atoms with van der Waals surface area (Å²) in [6.07, 6.45) is 0. The maximum absolute atomic E-state index is 10.4. The third kappa shape index (κ3) is 2.98. The first kappa shape index (κ1) is 7.91. The summed E-state index contributed by atoms with van der Waals surface area (Å²) in [6, 6.07) is 0. The predicted octanol–water partition coefficient (Wildman–Crippen LogP) is 0.187. The predicted molar refractivity (Wildman–Crippen MR) is 30.8 cm³/mol. The molecule has 8 heavy (non-hydrogen) atoms. The van der Waals surface area contributed by atoms with E-state index >= 15 is 0 Å². The van der Waals surface area contributed by atoms with Crippen molar-refractivity contribution in [3.63, 3.8) is 0 Å². The van der Waals surface area contributed by atoms with Gasteiger partial charge >= 0.3 is 0 Å². The van der Waals surface area contributed by atoms with Crippen molar-refractivity contribution in [2.45, 2.75) is 6.92 Å². The molecule has 0 spiro atoms. The van der Waals surface area contributed by atoms with E-state index in [1.54, 1.807) is 6.92 Å². The van der Waals surface area contributed by atoms with Gasteiger partial charge in [0.1, 0.15) is 0 Å². The van der Waals surface area contributed by atoms with Gasteiger partial charge in [-0.2, -0.15) is 0 Å². The van der Waals surface area contributed by atoms with Crippen molar-refractivity contribution in [1.29, 1.82) is 0 Å². The van der Waals surface area contributed by atoms with Crippen LogP contribution in [0.3, 0.4) is 0 Å². The van der Waals surface area contributed by atoms with E-state index < -0.39 is 9.84 Å². The molecular formula is C4H9O3S. The van der Waals surface area contributed by atoms with Crippen LogP contribution >= 0.6 is 0 Å². The van der Waals surface area contributed by atoms with Crippen molar-refractivity contribution in [3.05, 3.63) is 5.94 Å². The number of sulfone groups is 1. The van der Waals surface area contributed by atoms with Gasteiger partial charge in [-0.1, -0.05) is 6.92 Å². The smallest absolute Gasteiger partial charge is 0.198 e. The molecule has 0 heterocycles. The molecule has 0 bridgehead atoms. The number of hydrogen-bond acceptors (Lipinski definition) is 3. The molecule has 0 unspecified atom stereocenters. The molecule has 0 atom stereocenters. The normalized spacial score (nSPS) is 11.8. The van der Waals surface area contributed by atoms with Gasteiger partial charge in [0.25, 0.3) is 0 Å². The average molecular weight is 137 g/mol. The van der Waals surface area contributed by atoms with Gasteiger partial charge in [-0.05, 0) is 0 Å². The Labute approximate surface area is 49.6 Å². The first-order valence-electron chi connectivity index (χ1n) is 2.21. The van der Waals surface area contributed by atoms with E-state index in [0.717, 1.165) is 5.94 Å². The molecule has 0 aromatic carbocycles. The third-order valence-corrected chi connectivity index (χ3v) is 1.94. The van der Waals surface area contributed by atoms with Gasteiger partial charge in [0.2, 0.25) is 0 Å². The Kier molecular flexibility index (Phi) is 3.01. The molecule has 0 amide bonds. The Balaban J connectivity index is 3.76. The van der Waals surface area contributed by atoms with Crippen LogP contribution in [0.15, 0.2) is 0 Å². The molecule has 0 aromatic heterocycles. The lowest BCUT2D eigenvalue weighted by Gasteiger charge is -1.93. The van der Waals surface area contributed by atoms with E-state index in [1.807, 2.05) is 0 Å². The van der Waals surface area contributed by atoms with Crippen molar-refractivity contribution >= 4 is 9.84 Å². The number of hydrogen-bond donors (Lipinski definition) is 0. The summed E-state index contributed by atoms with van der Waals surface area (Å²) in [5.41, 5.74) is 0. The zero-order chi connectivity index (χ0) is 6.62. The quantitative estimate of drug-likeness (QED) is 0.557. The SMILES string of the molecule is CCS(=O)(=O)[CH]OC. The van der Waals surface area contributed by atoms with Crippen LogP contribution in [0.25, 0.3) is 0 Å². The van der Waals surface area contributed by atoms with Crippen LogP contribution in [0.1, 0.15) is 6.92 Å². The van der Waals surface area contributed by atoms with Gasteiger partial charge in [-0.15, -0.1) is 0 Å². The molecule has 0 aromatic rings. The number of methoxy groups -OCH3 is 1. The summed E-state index contributed by atoms with van der Waals surface area (Å²) in [6.45, 7) is 1.56. The van der Waals surface area contributed by atoms with Crippen LogP contribution in [0.5, 0.6) is 0 Å². The summed E-state index contributed by atoms with van der Waals surface area (Å²) < 4.78 is 25.1. The van der Waals surface area contributed by atoms with Crippen LogP contribution < -0.4 is 0 Å². The van der Waals surface area contributed by atoms with Gasteiger partial charge in [0.05, 0.1) is 5.75 Å². The van der Waals surface area contributed by atoms with Crippen LogP contribution in [0.4, 0.5) is 0 Å². The van der Waals surface area contributed by atoms with Gasteiger partial charge < -0.3 is 4.74 Å². The first-order chi connectivity index (χ1) is 3.62. The zero-order valence-electron chi connectivity index (χ0n) is 4.92. The number of ether oxygens (including phenoxy) is 1. The lowest BCUT2D eigenvalue weighted by atomic mass is 11.0. The molecule has 0 saturated carbocycles. The average Bonchev–Trinajstić information content (AvgIpc) is 1.67. The number of rotatable bonds is 3. The molecule has 0 saturated heterocycles. The monoisotopic (exact) mass is 137 g/mol. The second-order valence-electron chi connectivity index (χ2n) is 1.28. The second kappa shape index (κ2) is 3.04. The molecular weight excluding hydrogens is 128 g/mol. The molecule has 0 rings (SSSR count). The first-order valence-corrected chi connectivity index (χ1v) is 3.92. The molecule has 0 aliphatic rings. The molecule has 0 fully saturated rings. The van der Waals surface area contributed by atoms with Crippen molar-refractivity contribution in [2.24, 2.45) is 0 Å². The highest BCUT2D eigenvalue weighted by Gasteiger charge is 2.04. The Morgan fingerprint density at radius 2 is 2.12 bits per heavy atom. The van der Waals surface area contributed by atoms with Crippen LogP contribution in [-0.2, 0) is 14.6 Å². The Hall–Kier alpha value is -0.0900. The highest BCUT2D eigenvalue weighted by atomic mass is 32.2. The Bertz CT molecular complexity index is 135. The van der Waals surface area contributed by atoms with Crippen LogP contribution in [-0.4, -0.2) is 21.3 Å². The van der Waals surface area contributed by atoms with E-state index in [9.17, 15) is 8.42 Å². The fraction of sp³-hybridized carbons (Fsp3) is 0.750. The lowest BCUT2D eigenvalue weighted by molar-refractivity contribution is 0.307. The highest BCUT2D eigenvalue weighted by Crippen LogP contribution is 1.93. The van der Waals surface area contributed by atoms with Crippen LogP contribution in [0, 0.1) is 5.94 Å². The minimum atomic E-state index is -3.02. The van der Waals surface area contributed by atoms with Crippen LogP contribution in [0.2, 0.25) is 0 Å². The summed E-state index contributed by atoms with van der Waals surface area (Å²) in [7, 11) is -1.70. The molecule has 4 heteroatoms. The molecule has 0 aliphatic heterocycles. The van der Waals surface area contributed by atoms with E-state index in [1.165, 1.54) is 7.11 Å². The third-order valence-electron chi connectivity index (χ3n) is 0.645. The van der Waals surface area contributed by atoms with Crippen molar-refractivity contribution in [3.8, 4) is 0 Å². The minimum Gasteiger partial charge on any atom is -0.362 e.